The van der Waals surface area contributed by atoms with Gasteiger partial charge in [0.1, 0.15) is 6.04 Å². The molecule has 0 radical (unpaired) electrons. The van der Waals surface area contributed by atoms with Gasteiger partial charge in [-0.15, -0.1) is 0 Å². The molecule has 0 spiro atoms. The Morgan fingerprint density at radius 1 is 1.19 bits per heavy atom. The van der Waals surface area contributed by atoms with Crippen molar-refractivity contribution < 1.29 is 9.90 Å². The van der Waals surface area contributed by atoms with Crippen LogP contribution in [0.25, 0.3) is 0 Å². The van der Waals surface area contributed by atoms with E-state index in [0.29, 0.717) is 5.92 Å². The quantitative estimate of drug-likeness (QED) is 0.836. The average Bonchev–Trinajstić information content (AvgIpc) is 2.48. The van der Waals surface area contributed by atoms with Crippen LogP contribution in [0.4, 0.5) is 0 Å². The maximum absolute atomic E-state index is 11.5. The lowest BCUT2D eigenvalue weighted by Gasteiger charge is -2.31. The van der Waals surface area contributed by atoms with Gasteiger partial charge >= 0.3 is 5.97 Å². The van der Waals surface area contributed by atoms with Gasteiger partial charge in [0, 0.05) is 0 Å². The van der Waals surface area contributed by atoms with E-state index in [-0.39, 0.29) is 0 Å². The standard InChI is InChI=1S/C18H27NO2/c1-13(2)15-10-8-14(9-11-15)12-19-17(18(20)21)16-6-4-3-5-7-16/h3-7,13-15,17,19H,8-12H2,1-2H3,(H,20,21)/t14?,15?,17-/m1/s1. The van der Waals surface area contributed by atoms with Crippen molar-refractivity contribution >= 4 is 5.97 Å². The molecule has 1 aromatic carbocycles. The Morgan fingerprint density at radius 2 is 1.81 bits per heavy atom. The lowest BCUT2D eigenvalue weighted by atomic mass is 9.77. The molecule has 0 saturated heterocycles. The molecule has 1 aliphatic carbocycles. The van der Waals surface area contributed by atoms with Crippen LogP contribution in [0.15, 0.2) is 30.3 Å². The van der Waals surface area contributed by atoms with Crippen molar-refractivity contribution in [2.24, 2.45) is 17.8 Å². The zero-order valence-corrected chi connectivity index (χ0v) is 13.1. The summed E-state index contributed by atoms with van der Waals surface area (Å²) < 4.78 is 0. The first-order valence-electron chi connectivity index (χ1n) is 8.09. The van der Waals surface area contributed by atoms with Crippen LogP contribution in [0.2, 0.25) is 0 Å². The number of carboxylic acid groups (broad SMARTS) is 1. The van der Waals surface area contributed by atoms with Gasteiger partial charge in [0.05, 0.1) is 0 Å². The van der Waals surface area contributed by atoms with E-state index in [1.807, 2.05) is 30.3 Å². The molecular formula is C18H27NO2. The molecule has 0 aliphatic heterocycles. The Kier molecular flexibility index (Phi) is 5.80. The predicted octanol–water partition coefficient (Wildman–Crippen LogP) is 3.86. The van der Waals surface area contributed by atoms with Gasteiger partial charge in [-0.3, -0.25) is 4.79 Å². The molecule has 3 nitrogen and oxygen atoms in total. The first-order valence-corrected chi connectivity index (χ1v) is 8.09. The topological polar surface area (TPSA) is 49.3 Å². The van der Waals surface area contributed by atoms with Crippen LogP contribution in [0.1, 0.15) is 51.1 Å². The van der Waals surface area contributed by atoms with Crippen molar-refractivity contribution in [3.63, 3.8) is 0 Å². The molecule has 0 aromatic heterocycles. The van der Waals surface area contributed by atoms with Gasteiger partial charge in [-0.1, -0.05) is 44.2 Å². The molecule has 0 amide bonds. The van der Waals surface area contributed by atoms with E-state index in [9.17, 15) is 9.90 Å². The van der Waals surface area contributed by atoms with Crippen LogP contribution in [0, 0.1) is 17.8 Å². The van der Waals surface area contributed by atoms with Gasteiger partial charge in [0.15, 0.2) is 0 Å². The highest BCUT2D eigenvalue weighted by Crippen LogP contribution is 2.33. The number of aliphatic carboxylic acids is 1. The summed E-state index contributed by atoms with van der Waals surface area (Å²) in [7, 11) is 0. The fraction of sp³-hybridized carbons (Fsp3) is 0.611. The zero-order valence-electron chi connectivity index (χ0n) is 13.1. The zero-order chi connectivity index (χ0) is 15.2. The monoisotopic (exact) mass is 289 g/mol. The highest BCUT2D eigenvalue weighted by molar-refractivity contribution is 5.75. The second kappa shape index (κ2) is 7.60. The van der Waals surface area contributed by atoms with Gasteiger partial charge in [-0.25, -0.2) is 0 Å². The molecule has 1 aromatic rings. The summed E-state index contributed by atoms with van der Waals surface area (Å²) >= 11 is 0. The third-order valence-electron chi connectivity index (χ3n) is 4.82. The predicted molar refractivity (Wildman–Crippen MR) is 85.1 cm³/mol. The van der Waals surface area contributed by atoms with Crippen molar-refractivity contribution in [2.45, 2.75) is 45.6 Å². The number of carboxylic acids is 1. The second-order valence-corrected chi connectivity index (χ2v) is 6.62. The van der Waals surface area contributed by atoms with Crippen LogP contribution < -0.4 is 5.32 Å². The molecule has 1 aliphatic rings. The Bertz CT molecular complexity index is 436. The van der Waals surface area contributed by atoms with E-state index in [2.05, 4.69) is 19.2 Å². The highest BCUT2D eigenvalue weighted by Gasteiger charge is 2.25. The Morgan fingerprint density at radius 3 is 2.33 bits per heavy atom. The van der Waals surface area contributed by atoms with Crippen molar-refractivity contribution in [3.05, 3.63) is 35.9 Å². The summed E-state index contributed by atoms with van der Waals surface area (Å²) in [6, 6.07) is 8.86. The molecule has 21 heavy (non-hydrogen) atoms. The second-order valence-electron chi connectivity index (χ2n) is 6.62. The molecule has 3 heteroatoms. The molecule has 1 saturated carbocycles. The minimum atomic E-state index is -0.794. The summed E-state index contributed by atoms with van der Waals surface area (Å²) in [6.07, 6.45) is 5.01. The normalized spacial score (nSPS) is 24.0. The van der Waals surface area contributed by atoms with Crippen LogP contribution in [0.5, 0.6) is 0 Å². The largest absolute Gasteiger partial charge is 0.480 e. The van der Waals surface area contributed by atoms with E-state index in [1.54, 1.807) is 0 Å². The molecule has 0 heterocycles. The summed E-state index contributed by atoms with van der Waals surface area (Å²) in [5, 5.41) is 12.7. The number of rotatable bonds is 6. The Labute approximate surface area is 127 Å². The van der Waals surface area contributed by atoms with Gasteiger partial charge < -0.3 is 10.4 Å². The summed E-state index contributed by atoms with van der Waals surface area (Å²) in [5.74, 6) is 1.45. The fourth-order valence-corrected chi connectivity index (χ4v) is 3.34. The SMILES string of the molecule is CC(C)C1CCC(CN[C@@H](C(=O)O)c2ccccc2)CC1. The highest BCUT2D eigenvalue weighted by atomic mass is 16.4. The molecule has 2 rings (SSSR count). The van der Waals surface area contributed by atoms with Crippen LogP contribution in [-0.4, -0.2) is 17.6 Å². The lowest BCUT2D eigenvalue weighted by molar-refractivity contribution is -0.139. The van der Waals surface area contributed by atoms with Crippen LogP contribution >= 0.6 is 0 Å². The van der Waals surface area contributed by atoms with Crippen molar-refractivity contribution in [3.8, 4) is 0 Å². The summed E-state index contributed by atoms with van der Waals surface area (Å²) in [6.45, 7) is 5.41. The maximum Gasteiger partial charge on any atom is 0.325 e. The lowest BCUT2D eigenvalue weighted by Crippen LogP contribution is -2.34. The number of benzene rings is 1. The average molecular weight is 289 g/mol. The Balaban J connectivity index is 1.85. The number of hydrogen-bond donors (Lipinski definition) is 2. The molecule has 2 N–H and O–H groups in total. The summed E-state index contributed by atoms with van der Waals surface area (Å²) in [5.41, 5.74) is 0.834. The van der Waals surface area contributed by atoms with Crippen LogP contribution in [-0.2, 0) is 4.79 Å². The molecule has 0 bridgehead atoms. The molecule has 1 atom stereocenters. The first kappa shape index (κ1) is 16.0. The maximum atomic E-state index is 11.5. The van der Waals surface area contributed by atoms with Crippen molar-refractivity contribution in [1.29, 1.82) is 0 Å². The number of nitrogens with one attached hydrogen (secondary N) is 1. The fourth-order valence-electron chi connectivity index (χ4n) is 3.34. The third kappa shape index (κ3) is 4.57. The molecule has 0 unspecified atom stereocenters. The first-order chi connectivity index (χ1) is 10.1. The minimum Gasteiger partial charge on any atom is -0.480 e. The molecule has 1 fully saturated rings. The summed E-state index contributed by atoms with van der Waals surface area (Å²) in [4.78, 5) is 11.5. The van der Waals surface area contributed by atoms with Crippen molar-refractivity contribution in [1.82, 2.24) is 5.32 Å². The van der Waals surface area contributed by atoms with Crippen molar-refractivity contribution in [2.75, 3.05) is 6.54 Å². The van der Waals surface area contributed by atoms with E-state index < -0.39 is 12.0 Å². The Hall–Kier alpha value is -1.35. The van der Waals surface area contributed by atoms with Gasteiger partial charge in [0.25, 0.3) is 0 Å². The van der Waals surface area contributed by atoms with E-state index >= 15 is 0 Å². The third-order valence-corrected chi connectivity index (χ3v) is 4.82. The van der Waals surface area contributed by atoms with Gasteiger partial charge in [-0.05, 0) is 55.5 Å². The minimum absolute atomic E-state index is 0.589. The van der Waals surface area contributed by atoms with Crippen LogP contribution in [0.3, 0.4) is 0 Å². The molecular weight excluding hydrogens is 262 g/mol. The van der Waals surface area contributed by atoms with Gasteiger partial charge in [-0.2, -0.15) is 0 Å². The molecule has 116 valence electrons. The van der Waals surface area contributed by atoms with E-state index in [4.69, 9.17) is 0 Å². The smallest absolute Gasteiger partial charge is 0.325 e. The van der Waals surface area contributed by atoms with E-state index in [0.717, 1.165) is 23.9 Å². The number of carbonyl (C=O) groups is 1. The van der Waals surface area contributed by atoms with Gasteiger partial charge in [0.2, 0.25) is 0 Å². The van der Waals surface area contributed by atoms with E-state index in [1.165, 1.54) is 25.7 Å². The number of hydrogen-bond acceptors (Lipinski definition) is 2.